The Balaban J connectivity index is 2.27. The fourth-order valence-electron chi connectivity index (χ4n) is 2.34. The van der Waals surface area contributed by atoms with Crippen LogP contribution in [0, 0.1) is 17.2 Å². The molecule has 90 valence electrons. The zero-order valence-corrected chi connectivity index (χ0v) is 10.7. The van der Waals surface area contributed by atoms with Crippen LogP contribution in [0.1, 0.15) is 24.0 Å². The molecule has 0 N–H and O–H groups in total. The highest BCUT2D eigenvalue weighted by molar-refractivity contribution is 7.91. The summed E-state index contributed by atoms with van der Waals surface area (Å²) in [7, 11) is -3.13. The quantitative estimate of drug-likeness (QED) is 0.822. The lowest BCUT2D eigenvalue weighted by Gasteiger charge is -2.01. The fraction of sp³-hybridized carbons (Fsp3) is 0.462. The van der Waals surface area contributed by atoms with E-state index in [1.54, 1.807) is 0 Å². The van der Waals surface area contributed by atoms with Crippen LogP contribution in [-0.2, 0) is 16.3 Å². The van der Waals surface area contributed by atoms with Crippen LogP contribution in [0.2, 0.25) is 0 Å². The minimum Gasteiger partial charge on any atom is -0.229 e. The summed E-state index contributed by atoms with van der Waals surface area (Å²) in [5.74, 6) is -0.515. The number of benzene rings is 1. The Morgan fingerprint density at radius 1 is 1.29 bits per heavy atom. The summed E-state index contributed by atoms with van der Waals surface area (Å²) < 4.78 is 23.0. The maximum absolute atomic E-state index is 11.5. The van der Waals surface area contributed by atoms with Gasteiger partial charge in [-0.3, -0.25) is 0 Å². The van der Waals surface area contributed by atoms with Gasteiger partial charge in [-0.1, -0.05) is 31.2 Å². The first-order valence-electron chi connectivity index (χ1n) is 5.66. The number of sulfone groups is 1. The van der Waals surface area contributed by atoms with E-state index in [0.717, 1.165) is 12.0 Å². The lowest BCUT2D eigenvalue weighted by Crippen LogP contribution is -2.06. The van der Waals surface area contributed by atoms with Gasteiger partial charge in [0.15, 0.2) is 9.84 Å². The molecular weight excluding hydrogens is 234 g/mol. The molecule has 1 aromatic rings. The van der Waals surface area contributed by atoms with Crippen molar-refractivity contribution in [3.63, 3.8) is 0 Å². The smallest absolute Gasteiger partial charge is 0.152 e. The van der Waals surface area contributed by atoms with E-state index in [9.17, 15) is 8.42 Å². The van der Waals surface area contributed by atoms with Crippen molar-refractivity contribution in [3.05, 3.63) is 35.4 Å². The van der Waals surface area contributed by atoms with Gasteiger partial charge in [0.05, 0.1) is 17.2 Å². The second-order valence-corrected chi connectivity index (χ2v) is 6.77. The average Bonchev–Trinajstić information content (AvgIpc) is 3.03. The molecule has 0 aliphatic heterocycles. The first-order valence-corrected chi connectivity index (χ1v) is 7.61. The second-order valence-electron chi connectivity index (χ2n) is 4.57. The minimum absolute atomic E-state index is 0.138. The first-order chi connectivity index (χ1) is 7.99. The van der Waals surface area contributed by atoms with E-state index >= 15 is 0 Å². The van der Waals surface area contributed by atoms with Crippen molar-refractivity contribution < 1.29 is 8.42 Å². The number of rotatable bonds is 3. The fourth-order valence-corrected chi connectivity index (χ4v) is 3.87. The van der Waals surface area contributed by atoms with Crippen molar-refractivity contribution >= 4 is 9.84 Å². The highest BCUT2D eigenvalue weighted by Crippen LogP contribution is 2.51. The molecule has 1 aromatic carbocycles. The Bertz CT molecular complexity index is 554. The van der Waals surface area contributed by atoms with E-state index < -0.39 is 15.1 Å². The van der Waals surface area contributed by atoms with Crippen LogP contribution < -0.4 is 0 Å². The van der Waals surface area contributed by atoms with Gasteiger partial charge in [0.25, 0.3) is 0 Å². The maximum Gasteiger partial charge on any atom is 0.152 e. The molecule has 1 saturated carbocycles. The molecule has 0 radical (unpaired) electrons. The average molecular weight is 249 g/mol. The zero-order valence-electron chi connectivity index (χ0n) is 9.92. The summed E-state index contributed by atoms with van der Waals surface area (Å²) in [4.78, 5) is 0. The largest absolute Gasteiger partial charge is 0.229 e. The molecule has 1 aliphatic carbocycles. The number of nitriles is 1. The monoisotopic (exact) mass is 249 g/mol. The van der Waals surface area contributed by atoms with Crippen molar-refractivity contribution in [2.24, 2.45) is 5.92 Å². The third-order valence-electron chi connectivity index (χ3n) is 3.37. The molecule has 3 unspecified atom stereocenters. The maximum atomic E-state index is 11.5. The molecule has 3 nitrogen and oxygen atoms in total. The van der Waals surface area contributed by atoms with Gasteiger partial charge in [0, 0.05) is 12.2 Å². The number of hydrogen-bond donors (Lipinski definition) is 0. The van der Waals surface area contributed by atoms with E-state index in [1.165, 1.54) is 11.8 Å². The van der Waals surface area contributed by atoms with Crippen molar-refractivity contribution in [2.75, 3.05) is 6.26 Å². The van der Waals surface area contributed by atoms with Gasteiger partial charge >= 0.3 is 0 Å². The Morgan fingerprint density at radius 3 is 2.24 bits per heavy atom. The van der Waals surface area contributed by atoms with Crippen LogP contribution in [0.3, 0.4) is 0 Å². The molecule has 1 fully saturated rings. The molecule has 3 atom stereocenters. The van der Waals surface area contributed by atoms with Crippen molar-refractivity contribution in [1.82, 2.24) is 0 Å². The number of aryl methyl sites for hydroxylation is 1. The highest BCUT2D eigenvalue weighted by atomic mass is 32.2. The van der Waals surface area contributed by atoms with Crippen LogP contribution in [0.15, 0.2) is 24.3 Å². The highest BCUT2D eigenvalue weighted by Gasteiger charge is 2.57. The summed E-state index contributed by atoms with van der Waals surface area (Å²) >= 11 is 0. The number of nitrogens with zero attached hydrogens (tertiary/aromatic N) is 1. The molecule has 0 bridgehead atoms. The van der Waals surface area contributed by atoms with Gasteiger partial charge in [-0.15, -0.1) is 0 Å². The number of hydrogen-bond acceptors (Lipinski definition) is 3. The second kappa shape index (κ2) is 4.15. The third-order valence-corrected chi connectivity index (χ3v) is 4.95. The third kappa shape index (κ3) is 2.20. The van der Waals surface area contributed by atoms with Crippen LogP contribution in [0.4, 0.5) is 0 Å². The van der Waals surface area contributed by atoms with E-state index in [4.69, 9.17) is 5.26 Å². The van der Waals surface area contributed by atoms with E-state index in [0.29, 0.717) is 0 Å². The predicted octanol–water partition coefficient (Wildman–Crippen LogP) is 1.90. The molecule has 2 rings (SSSR count). The van der Waals surface area contributed by atoms with Gasteiger partial charge in [-0.25, -0.2) is 8.42 Å². The molecule has 4 heteroatoms. The Kier molecular flexibility index (Phi) is 2.96. The normalized spacial score (nSPS) is 27.5. The SMILES string of the molecule is CCc1ccc(C2C(C#N)C2S(C)(=O)=O)cc1. The molecule has 0 aromatic heterocycles. The Labute approximate surface area is 102 Å². The Morgan fingerprint density at radius 2 is 1.88 bits per heavy atom. The van der Waals surface area contributed by atoms with E-state index in [-0.39, 0.29) is 11.8 Å². The van der Waals surface area contributed by atoms with Gasteiger partial charge in [0.1, 0.15) is 0 Å². The molecule has 17 heavy (non-hydrogen) atoms. The zero-order chi connectivity index (χ0) is 12.6. The molecule has 0 heterocycles. The topological polar surface area (TPSA) is 57.9 Å². The van der Waals surface area contributed by atoms with Crippen LogP contribution in [0.25, 0.3) is 0 Å². The van der Waals surface area contributed by atoms with Crippen molar-refractivity contribution in [1.29, 1.82) is 5.26 Å². The van der Waals surface area contributed by atoms with Gasteiger partial charge in [-0.05, 0) is 17.5 Å². The minimum atomic E-state index is -3.13. The first kappa shape index (κ1) is 12.1. The van der Waals surface area contributed by atoms with E-state index in [2.05, 4.69) is 13.0 Å². The van der Waals surface area contributed by atoms with Gasteiger partial charge < -0.3 is 0 Å². The van der Waals surface area contributed by atoms with Gasteiger partial charge in [0.2, 0.25) is 0 Å². The van der Waals surface area contributed by atoms with Gasteiger partial charge in [-0.2, -0.15) is 5.26 Å². The summed E-state index contributed by atoms with van der Waals surface area (Å²) in [6, 6.07) is 9.98. The summed E-state index contributed by atoms with van der Waals surface area (Å²) in [5.41, 5.74) is 2.18. The summed E-state index contributed by atoms with van der Waals surface area (Å²) in [5, 5.41) is 8.44. The summed E-state index contributed by atoms with van der Waals surface area (Å²) in [6.07, 6.45) is 2.17. The molecule has 1 aliphatic rings. The molecule has 0 spiro atoms. The molecule has 0 amide bonds. The predicted molar refractivity (Wildman–Crippen MR) is 66.3 cm³/mol. The standard InChI is InChI=1S/C13H15NO2S/c1-3-9-4-6-10(7-5-9)12-11(8-14)13(12)17(2,15)16/h4-7,11-13H,3H2,1-2H3. The van der Waals surface area contributed by atoms with Crippen LogP contribution in [-0.4, -0.2) is 19.9 Å². The lowest BCUT2D eigenvalue weighted by molar-refractivity contribution is 0.599. The van der Waals surface area contributed by atoms with E-state index in [1.807, 2.05) is 24.3 Å². The summed E-state index contributed by atoms with van der Waals surface area (Å²) in [6.45, 7) is 2.07. The van der Waals surface area contributed by atoms with Crippen molar-refractivity contribution in [2.45, 2.75) is 24.5 Å². The van der Waals surface area contributed by atoms with Crippen LogP contribution in [0.5, 0.6) is 0 Å². The molecule has 0 saturated heterocycles. The molecular formula is C13H15NO2S. The van der Waals surface area contributed by atoms with Crippen LogP contribution >= 0.6 is 0 Å². The lowest BCUT2D eigenvalue weighted by atomic mass is 10.1. The van der Waals surface area contributed by atoms with Crippen molar-refractivity contribution in [3.8, 4) is 6.07 Å². The Hall–Kier alpha value is -1.34.